The minimum absolute atomic E-state index is 0.674. The van der Waals surface area contributed by atoms with E-state index >= 15 is 0 Å². The zero-order chi connectivity index (χ0) is 8.20. The van der Waals surface area contributed by atoms with Crippen molar-refractivity contribution in [2.24, 2.45) is 0 Å². The molecule has 0 saturated carbocycles. The summed E-state index contributed by atoms with van der Waals surface area (Å²) in [5.41, 5.74) is 0. The van der Waals surface area contributed by atoms with Gasteiger partial charge in [0.25, 0.3) is 0 Å². The Morgan fingerprint density at radius 3 is 1.30 bits per heavy atom. The standard InChI is InChI=1S/C9H16Ge/c1-6-10(7-2,8-3)9(4)5/h6-9H,1-3H2,4-5H3. The second-order valence-electron chi connectivity index (χ2n) is 2.77. The van der Waals surface area contributed by atoms with Crippen LogP contribution in [0.3, 0.4) is 0 Å². The summed E-state index contributed by atoms with van der Waals surface area (Å²) in [7, 11) is 0. The maximum absolute atomic E-state index is 3.84. The third-order valence-corrected chi connectivity index (χ3v) is 10.7. The number of hydrogen-bond acceptors (Lipinski definition) is 0. The van der Waals surface area contributed by atoms with Gasteiger partial charge >= 0.3 is 66.3 Å². The van der Waals surface area contributed by atoms with E-state index in [0.717, 1.165) is 0 Å². The molecule has 0 bridgehead atoms. The Labute approximate surface area is 66.7 Å². The molecule has 0 heterocycles. The van der Waals surface area contributed by atoms with Crippen LogP contribution < -0.4 is 0 Å². The fourth-order valence-corrected chi connectivity index (χ4v) is 4.97. The molecule has 0 aliphatic rings. The quantitative estimate of drug-likeness (QED) is 0.607. The van der Waals surface area contributed by atoms with Crippen molar-refractivity contribution >= 4 is 13.3 Å². The molecule has 10 heavy (non-hydrogen) atoms. The Morgan fingerprint density at radius 1 is 1.00 bits per heavy atom. The summed E-state index contributed by atoms with van der Waals surface area (Å²) in [6, 6.07) is 0. The summed E-state index contributed by atoms with van der Waals surface area (Å²) < 4.78 is 0.674. The fraction of sp³-hybridized carbons (Fsp3) is 0.333. The van der Waals surface area contributed by atoms with Crippen molar-refractivity contribution in [2.45, 2.75) is 18.6 Å². The Balaban J connectivity index is 4.62. The fourth-order valence-electron chi connectivity index (χ4n) is 0.957. The third-order valence-electron chi connectivity index (χ3n) is 2.06. The van der Waals surface area contributed by atoms with Crippen LogP contribution in [0.2, 0.25) is 4.75 Å². The van der Waals surface area contributed by atoms with Gasteiger partial charge < -0.3 is 0 Å². The number of rotatable bonds is 4. The Hall–Kier alpha value is -0.237. The van der Waals surface area contributed by atoms with E-state index in [9.17, 15) is 0 Å². The third kappa shape index (κ3) is 1.63. The molecule has 0 aromatic heterocycles. The second kappa shape index (κ2) is 3.82. The van der Waals surface area contributed by atoms with Crippen molar-refractivity contribution in [2.75, 3.05) is 0 Å². The Bertz CT molecular complexity index is 123. The molecule has 0 aromatic carbocycles. The van der Waals surface area contributed by atoms with Gasteiger partial charge in [0.05, 0.1) is 0 Å². The first kappa shape index (κ1) is 9.76. The van der Waals surface area contributed by atoms with Crippen LogP contribution in [0.25, 0.3) is 0 Å². The summed E-state index contributed by atoms with van der Waals surface area (Å²) in [6.07, 6.45) is 0. The normalized spacial score (nSPS) is 11.1. The molecule has 0 rings (SSSR count). The Kier molecular flexibility index (Phi) is 3.73. The van der Waals surface area contributed by atoms with Crippen molar-refractivity contribution in [3.8, 4) is 0 Å². The summed E-state index contributed by atoms with van der Waals surface area (Å²) >= 11 is -2.00. The molecule has 56 valence electrons. The van der Waals surface area contributed by atoms with E-state index in [1.165, 1.54) is 0 Å². The monoisotopic (exact) mass is 198 g/mol. The van der Waals surface area contributed by atoms with Crippen LogP contribution in [0.5, 0.6) is 0 Å². The van der Waals surface area contributed by atoms with Crippen LogP contribution >= 0.6 is 0 Å². The second-order valence-corrected chi connectivity index (χ2v) is 12.0. The van der Waals surface area contributed by atoms with Crippen molar-refractivity contribution in [3.05, 3.63) is 34.5 Å². The van der Waals surface area contributed by atoms with E-state index in [-0.39, 0.29) is 0 Å². The molecule has 0 aliphatic heterocycles. The average Bonchev–Trinajstić information content (AvgIpc) is 1.92. The zero-order valence-electron chi connectivity index (χ0n) is 6.93. The molecule has 0 spiro atoms. The molecule has 0 radical (unpaired) electrons. The van der Waals surface area contributed by atoms with Gasteiger partial charge in [-0.2, -0.15) is 0 Å². The predicted octanol–water partition coefficient (Wildman–Crippen LogP) is 3.02. The van der Waals surface area contributed by atoms with Crippen LogP contribution in [-0.4, -0.2) is 13.3 Å². The number of hydrogen-bond donors (Lipinski definition) is 0. The van der Waals surface area contributed by atoms with Gasteiger partial charge in [0, 0.05) is 0 Å². The molecule has 0 unspecified atom stereocenters. The predicted molar refractivity (Wildman–Crippen MR) is 51.4 cm³/mol. The topological polar surface area (TPSA) is 0 Å². The minimum atomic E-state index is -2.00. The van der Waals surface area contributed by atoms with E-state index in [2.05, 4.69) is 48.3 Å². The van der Waals surface area contributed by atoms with E-state index < -0.39 is 13.3 Å². The first-order valence-electron chi connectivity index (χ1n) is 3.53. The maximum atomic E-state index is 3.84. The van der Waals surface area contributed by atoms with Crippen LogP contribution in [0, 0.1) is 0 Å². The van der Waals surface area contributed by atoms with Gasteiger partial charge in [-0.25, -0.2) is 0 Å². The van der Waals surface area contributed by atoms with E-state index in [1.54, 1.807) is 0 Å². The summed E-state index contributed by atoms with van der Waals surface area (Å²) in [4.78, 5) is 6.22. The summed E-state index contributed by atoms with van der Waals surface area (Å²) in [5, 5.41) is 0. The van der Waals surface area contributed by atoms with Gasteiger partial charge in [-0.1, -0.05) is 0 Å². The van der Waals surface area contributed by atoms with E-state index in [1.807, 2.05) is 0 Å². The molecule has 0 atom stereocenters. The summed E-state index contributed by atoms with van der Waals surface area (Å²) in [5.74, 6) is 0. The van der Waals surface area contributed by atoms with Gasteiger partial charge in [-0.05, 0) is 0 Å². The average molecular weight is 197 g/mol. The molecule has 0 saturated heterocycles. The van der Waals surface area contributed by atoms with Crippen LogP contribution in [0.15, 0.2) is 34.5 Å². The molecular weight excluding hydrogens is 181 g/mol. The van der Waals surface area contributed by atoms with Gasteiger partial charge in [0.2, 0.25) is 0 Å². The molecular formula is C9H16Ge. The SMILES string of the molecule is C=[CH][Ge]([CH]=C)([CH]=C)[CH](C)C. The van der Waals surface area contributed by atoms with Gasteiger partial charge in [-0.15, -0.1) is 0 Å². The van der Waals surface area contributed by atoms with Gasteiger partial charge in [-0.3, -0.25) is 0 Å². The van der Waals surface area contributed by atoms with Crippen molar-refractivity contribution in [1.82, 2.24) is 0 Å². The van der Waals surface area contributed by atoms with E-state index in [0.29, 0.717) is 4.75 Å². The molecule has 0 aliphatic carbocycles. The molecule has 0 N–H and O–H groups in total. The van der Waals surface area contributed by atoms with Crippen LogP contribution in [-0.2, 0) is 0 Å². The molecule has 1 heteroatoms. The molecule has 0 amide bonds. The van der Waals surface area contributed by atoms with Crippen LogP contribution in [0.1, 0.15) is 13.8 Å². The van der Waals surface area contributed by atoms with Gasteiger partial charge in [0.1, 0.15) is 0 Å². The Morgan fingerprint density at radius 2 is 1.30 bits per heavy atom. The van der Waals surface area contributed by atoms with Gasteiger partial charge in [0.15, 0.2) is 0 Å². The first-order chi connectivity index (χ1) is 4.63. The van der Waals surface area contributed by atoms with Crippen molar-refractivity contribution < 1.29 is 0 Å². The molecule has 0 fully saturated rings. The first-order valence-corrected chi connectivity index (χ1v) is 8.38. The molecule has 0 aromatic rings. The van der Waals surface area contributed by atoms with Crippen LogP contribution in [0.4, 0.5) is 0 Å². The van der Waals surface area contributed by atoms with Crippen molar-refractivity contribution in [1.29, 1.82) is 0 Å². The zero-order valence-corrected chi connectivity index (χ0v) is 9.03. The van der Waals surface area contributed by atoms with E-state index in [4.69, 9.17) is 0 Å². The summed E-state index contributed by atoms with van der Waals surface area (Å²) in [6.45, 7) is 15.9. The molecule has 0 nitrogen and oxygen atoms in total. The van der Waals surface area contributed by atoms with Crippen molar-refractivity contribution in [3.63, 3.8) is 0 Å².